The minimum atomic E-state index is -0.191. The standard InChI is InChI=1S/C15H19N3O3/c1-9(2)12-8-14(19)18-15(17-12)16-11-6-5-10(20-3)7-13(11)21-4/h5-9H,1-4H3,(H2,16,17,18,19). The van der Waals surface area contributed by atoms with Gasteiger partial charge in [-0.1, -0.05) is 13.8 Å². The second kappa shape index (κ2) is 6.30. The van der Waals surface area contributed by atoms with Crippen LogP contribution in [0.3, 0.4) is 0 Å². The zero-order valence-electron chi connectivity index (χ0n) is 12.6. The number of H-pyrrole nitrogens is 1. The van der Waals surface area contributed by atoms with E-state index in [1.165, 1.54) is 6.07 Å². The van der Waals surface area contributed by atoms with Gasteiger partial charge in [0.05, 0.1) is 25.6 Å². The monoisotopic (exact) mass is 289 g/mol. The SMILES string of the molecule is COc1ccc(Nc2nc(C(C)C)cc(=O)[nH]2)c(OC)c1. The Hall–Kier alpha value is -2.50. The fourth-order valence-corrected chi connectivity index (χ4v) is 1.86. The molecular weight excluding hydrogens is 270 g/mol. The first-order chi connectivity index (χ1) is 10.0. The van der Waals surface area contributed by atoms with E-state index in [-0.39, 0.29) is 11.5 Å². The van der Waals surface area contributed by atoms with Gasteiger partial charge in [0, 0.05) is 12.1 Å². The lowest BCUT2D eigenvalue weighted by Gasteiger charge is -2.13. The van der Waals surface area contributed by atoms with Crippen molar-refractivity contribution in [2.75, 3.05) is 19.5 Å². The summed E-state index contributed by atoms with van der Waals surface area (Å²) in [5, 5.41) is 3.06. The molecule has 1 aromatic heterocycles. The predicted octanol–water partition coefficient (Wildman–Crippen LogP) is 2.65. The molecule has 1 aromatic carbocycles. The highest BCUT2D eigenvalue weighted by Crippen LogP contribution is 2.30. The fourth-order valence-electron chi connectivity index (χ4n) is 1.86. The van der Waals surface area contributed by atoms with Crippen LogP contribution in [0.2, 0.25) is 0 Å². The average Bonchev–Trinajstić information content (AvgIpc) is 2.47. The van der Waals surface area contributed by atoms with Crippen LogP contribution in [0.25, 0.3) is 0 Å². The molecule has 2 N–H and O–H groups in total. The van der Waals surface area contributed by atoms with E-state index in [2.05, 4.69) is 15.3 Å². The Labute approximate surface area is 123 Å². The van der Waals surface area contributed by atoms with E-state index >= 15 is 0 Å². The molecule has 0 radical (unpaired) electrons. The van der Waals surface area contributed by atoms with Crippen molar-refractivity contribution in [1.82, 2.24) is 9.97 Å². The van der Waals surface area contributed by atoms with Gasteiger partial charge in [-0.2, -0.15) is 0 Å². The number of ether oxygens (including phenoxy) is 2. The molecule has 6 heteroatoms. The second-order valence-corrected chi connectivity index (χ2v) is 4.86. The normalized spacial score (nSPS) is 10.5. The van der Waals surface area contributed by atoms with Gasteiger partial charge in [0.25, 0.3) is 5.56 Å². The van der Waals surface area contributed by atoms with E-state index in [1.54, 1.807) is 32.4 Å². The Bertz CT molecular complexity index is 680. The number of aromatic nitrogens is 2. The minimum absolute atomic E-state index is 0.172. The number of hydrogen-bond donors (Lipinski definition) is 2. The van der Waals surface area contributed by atoms with E-state index in [9.17, 15) is 4.79 Å². The topological polar surface area (TPSA) is 76.2 Å². The van der Waals surface area contributed by atoms with Gasteiger partial charge in [0.15, 0.2) is 0 Å². The summed E-state index contributed by atoms with van der Waals surface area (Å²) in [7, 11) is 3.16. The number of nitrogens with one attached hydrogen (secondary N) is 2. The number of rotatable bonds is 5. The van der Waals surface area contributed by atoms with Crippen LogP contribution in [0, 0.1) is 0 Å². The first kappa shape index (κ1) is 14.9. The maximum Gasteiger partial charge on any atom is 0.252 e. The quantitative estimate of drug-likeness (QED) is 0.885. The number of hydrogen-bond acceptors (Lipinski definition) is 5. The van der Waals surface area contributed by atoms with Crippen LogP contribution >= 0.6 is 0 Å². The number of aromatic amines is 1. The largest absolute Gasteiger partial charge is 0.497 e. The average molecular weight is 289 g/mol. The first-order valence-electron chi connectivity index (χ1n) is 6.63. The van der Waals surface area contributed by atoms with E-state index < -0.39 is 0 Å². The lowest BCUT2D eigenvalue weighted by molar-refractivity contribution is 0.395. The van der Waals surface area contributed by atoms with Crippen molar-refractivity contribution in [3.8, 4) is 11.5 Å². The van der Waals surface area contributed by atoms with Crippen LogP contribution in [0.4, 0.5) is 11.6 Å². The van der Waals surface area contributed by atoms with Crippen LogP contribution < -0.4 is 20.3 Å². The van der Waals surface area contributed by atoms with Crippen molar-refractivity contribution in [2.45, 2.75) is 19.8 Å². The molecule has 0 unspecified atom stereocenters. The Morgan fingerprint density at radius 2 is 1.95 bits per heavy atom. The van der Waals surface area contributed by atoms with Crippen molar-refractivity contribution in [3.05, 3.63) is 40.3 Å². The third kappa shape index (κ3) is 3.53. The highest BCUT2D eigenvalue weighted by Gasteiger charge is 2.09. The van der Waals surface area contributed by atoms with Crippen molar-refractivity contribution < 1.29 is 9.47 Å². The maximum atomic E-state index is 11.7. The minimum Gasteiger partial charge on any atom is -0.497 e. The Balaban J connectivity index is 2.36. The summed E-state index contributed by atoms with van der Waals surface area (Å²) in [5.74, 6) is 1.85. The molecule has 112 valence electrons. The molecule has 1 heterocycles. The number of anilines is 2. The lowest BCUT2D eigenvalue weighted by Crippen LogP contribution is -2.13. The van der Waals surface area contributed by atoms with Crippen LogP contribution in [0.1, 0.15) is 25.5 Å². The zero-order chi connectivity index (χ0) is 15.4. The van der Waals surface area contributed by atoms with Crippen molar-refractivity contribution in [1.29, 1.82) is 0 Å². The third-order valence-electron chi connectivity index (χ3n) is 3.01. The molecule has 0 spiro atoms. The van der Waals surface area contributed by atoms with Crippen molar-refractivity contribution >= 4 is 11.6 Å². The molecular formula is C15H19N3O3. The molecule has 0 aliphatic carbocycles. The fraction of sp³-hybridized carbons (Fsp3) is 0.333. The van der Waals surface area contributed by atoms with Crippen LogP contribution in [-0.2, 0) is 0 Å². The van der Waals surface area contributed by atoms with Crippen LogP contribution in [-0.4, -0.2) is 24.2 Å². The van der Waals surface area contributed by atoms with E-state index in [0.717, 1.165) is 5.69 Å². The summed E-state index contributed by atoms with van der Waals surface area (Å²) in [4.78, 5) is 18.7. The molecule has 6 nitrogen and oxygen atoms in total. The van der Waals surface area contributed by atoms with Gasteiger partial charge in [0.2, 0.25) is 5.95 Å². The Morgan fingerprint density at radius 3 is 2.57 bits per heavy atom. The van der Waals surface area contributed by atoms with Gasteiger partial charge >= 0.3 is 0 Å². The number of methoxy groups -OCH3 is 2. The first-order valence-corrected chi connectivity index (χ1v) is 6.63. The molecule has 21 heavy (non-hydrogen) atoms. The van der Waals surface area contributed by atoms with Crippen molar-refractivity contribution in [2.24, 2.45) is 0 Å². The second-order valence-electron chi connectivity index (χ2n) is 4.86. The van der Waals surface area contributed by atoms with E-state index in [0.29, 0.717) is 23.1 Å². The van der Waals surface area contributed by atoms with Gasteiger partial charge in [0.1, 0.15) is 11.5 Å². The molecule has 0 aliphatic rings. The van der Waals surface area contributed by atoms with Gasteiger partial charge in [-0.15, -0.1) is 0 Å². The Morgan fingerprint density at radius 1 is 1.19 bits per heavy atom. The Kier molecular flexibility index (Phi) is 4.47. The van der Waals surface area contributed by atoms with Gasteiger partial charge in [-0.25, -0.2) is 4.98 Å². The van der Waals surface area contributed by atoms with Crippen LogP contribution in [0.5, 0.6) is 11.5 Å². The molecule has 0 fully saturated rings. The van der Waals surface area contributed by atoms with Gasteiger partial charge in [-0.3, -0.25) is 9.78 Å². The predicted molar refractivity (Wildman–Crippen MR) is 81.8 cm³/mol. The summed E-state index contributed by atoms with van der Waals surface area (Å²) in [6.45, 7) is 3.97. The summed E-state index contributed by atoms with van der Waals surface area (Å²) in [6, 6.07) is 6.86. The molecule has 0 aliphatic heterocycles. The summed E-state index contributed by atoms with van der Waals surface area (Å²) >= 11 is 0. The van der Waals surface area contributed by atoms with E-state index in [4.69, 9.17) is 9.47 Å². The highest BCUT2D eigenvalue weighted by atomic mass is 16.5. The van der Waals surface area contributed by atoms with E-state index in [1.807, 2.05) is 13.8 Å². The molecule has 0 saturated carbocycles. The van der Waals surface area contributed by atoms with Crippen LogP contribution in [0.15, 0.2) is 29.1 Å². The molecule has 2 rings (SSSR count). The molecule has 0 saturated heterocycles. The molecule has 2 aromatic rings. The third-order valence-corrected chi connectivity index (χ3v) is 3.01. The van der Waals surface area contributed by atoms with Crippen molar-refractivity contribution in [3.63, 3.8) is 0 Å². The van der Waals surface area contributed by atoms with Gasteiger partial charge in [-0.05, 0) is 18.1 Å². The summed E-state index contributed by atoms with van der Waals surface area (Å²) in [5.41, 5.74) is 1.24. The lowest BCUT2D eigenvalue weighted by atomic mass is 10.1. The van der Waals surface area contributed by atoms with Gasteiger partial charge < -0.3 is 14.8 Å². The smallest absolute Gasteiger partial charge is 0.252 e. The molecule has 0 amide bonds. The summed E-state index contributed by atoms with van der Waals surface area (Å²) < 4.78 is 10.5. The zero-order valence-corrected chi connectivity index (χ0v) is 12.6. The number of nitrogens with zero attached hydrogens (tertiary/aromatic N) is 1. The molecule has 0 atom stereocenters. The highest BCUT2D eigenvalue weighted by molar-refractivity contribution is 5.64. The maximum absolute atomic E-state index is 11.7. The number of benzene rings is 1. The molecule has 0 bridgehead atoms. The summed E-state index contributed by atoms with van der Waals surface area (Å²) in [6.07, 6.45) is 0.